The maximum absolute atomic E-state index is 5.52. The molecule has 0 radical (unpaired) electrons. The zero-order valence-electron chi connectivity index (χ0n) is 7.66. The van der Waals surface area contributed by atoms with Crippen molar-refractivity contribution in [3.63, 3.8) is 0 Å². The molecule has 1 fully saturated rings. The van der Waals surface area contributed by atoms with Crippen LogP contribution in [0.15, 0.2) is 18.3 Å². The summed E-state index contributed by atoms with van der Waals surface area (Å²) in [5.41, 5.74) is 6.78. The Morgan fingerprint density at radius 1 is 1.38 bits per heavy atom. The highest BCUT2D eigenvalue weighted by Crippen LogP contribution is 2.22. The highest BCUT2D eigenvalue weighted by molar-refractivity contribution is 5.30. The number of nitrogens with one attached hydrogen (secondary N) is 1. The summed E-state index contributed by atoms with van der Waals surface area (Å²) in [6.07, 6.45) is 5.69. The summed E-state index contributed by atoms with van der Waals surface area (Å²) in [5, 5.41) is 3.47. The van der Waals surface area contributed by atoms with E-state index in [2.05, 4.69) is 16.4 Å². The van der Waals surface area contributed by atoms with Crippen LogP contribution < -0.4 is 11.1 Å². The highest BCUT2D eigenvalue weighted by Gasteiger charge is 2.14. The summed E-state index contributed by atoms with van der Waals surface area (Å²) in [7, 11) is 0. The molecule has 0 bridgehead atoms. The normalized spacial score (nSPS) is 22.9. The van der Waals surface area contributed by atoms with Gasteiger partial charge in [-0.15, -0.1) is 0 Å². The van der Waals surface area contributed by atoms with Crippen molar-refractivity contribution in [3.8, 4) is 0 Å². The molecule has 1 aliphatic heterocycles. The van der Waals surface area contributed by atoms with Crippen LogP contribution in [-0.4, -0.2) is 11.5 Å². The Bertz CT molecular complexity index is 262. The summed E-state index contributed by atoms with van der Waals surface area (Å²) in [6, 6.07) is 4.42. The topological polar surface area (TPSA) is 50.9 Å². The van der Waals surface area contributed by atoms with E-state index < -0.39 is 0 Å². The summed E-state index contributed by atoms with van der Waals surface area (Å²) in [5.74, 6) is 0.597. The van der Waals surface area contributed by atoms with E-state index in [-0.39, 0.29) is 0 Å². The zero-order chi connectivity index (χ0) is 9.10. The molecule has 0 saturated carbocycles. The van der Waals surface area contributed by atoms with E-state index >= 15 is 0 Å². The van der Waals surface area contributed by atoms with E-state index in [0.29, 0.717) is 11.9 Å². The van der Waals surface area contributed by atoms with Crippen LogP contribution in [0.5, 0.6) is 0 Å². The average Bonchev–Trinajstić information content (AvgIpc) is 2.20. The van der Waals surface area contributed by atoms with Crippen molar-refractivity contribution in [1.29, 1.82) is 0 Å². The lowest BCUT2D eigenvalue weighted by Crippen LogP contribution is -2.26. The Hall–Kier alpha value is -1.09. The van der Waals surface area contributed by atoms with Gasteiger partial charge in [0.25, 0.3) is 0 Å². The third-order valence-corrected chi connectivity index (χ3v) is 2.52. The minimum absolute atomic E-state index is 0.488. The Labute approximate surface area is 78.4 Å². The highest BCUT2D eigenvalue weighted by atomic mass is 14.9. The molecule has 0 amide bonds. The number of piperidine rings is 1. The monoisotopic (exact) mass is 177 g/mol. The molecule has 1 aliphatic rings. The van der Waals surface area contributed by atoms with Crippen molar-refractivity contribution in [1.82, 2.24) is 10.3 Å². The Balaban J connectivity index is 2.10. The van der Waals surface area contributed by atoms with Crippen LogP contribution in [0.2, 0.25) is 0 Å². The van der Waals surface area contributed by atoms with Gasteiger partial charge in [-0.1, -0.05) is 12.5 Å². The molecule has 2 heterocycles. The maximum atomic E-state index is 5.52. The van der Waals surface area contributed by atoms with Crippen LogP contribution in [0.3, 0.4) is 0 Å². The SMILES string of the molecule is Nc1ccc([C@H]2CCCCN2)cn1. The van der Waals surface area contributed by atoms with E-state index in [1.54, 1.807) is 0 Å². The van der Waals surface area contributed by atoms with E-state index in [9.17, 15) is 0 Å². The molecular formula is C10H15N3. The van der Waals surface area contributed by atoms with E-state index in [0.717, 1.165) is 6.54 Å². The third kappa shape index (κ3) is 1.98. The van der Waals surface area contributed by atoms with E-state index in [1.165, 1.54) is 24.8 Å². The standard InChI is InChI=1S/C10H15N3/c11-10-5-4-8(7-13-10)9-3-1-2-6-12-9/h4-5,7,9,12H,1-3,6H2,(H2,11,13)/t9-/m1/s1. The molecule has 1 atom stereocenters. The molecule has 0 aliphatic carbocycles. The second kappa shape index (κ2) is 3.75. The first-order valence-electron chi connectivity index (χ1n) is 4.81. The van der Waals surface area contributed by atoms with Gasteiger partial charge in [0, 0.05) is 12.2 Å². The molecule has 3 N–H and O–H groups in total. The molecule has 2 rings (SSSR count). The second-order valence-corrected chi connectivity index (χ2v) is 3.52. The van der Waals surface area contributed by atoms with Crippen molar-refractivity contribution in [3.05, 3.63) is 23.9 Å². The van der Waals surface area contributed by atoms with Gasteiger partial charge in [-0.3, -0.25) is 0 Å². The Kier molecular flexibility index (Phi) is 2.45. The van der Waals surface area contributed by atoms with Gasteiger partial charge in [0.05, 0.1) is 0 Å². The first kappa shape index (κ1) is 8.51. The van der Waals surface area contributed by atoms with Crippen LogP contribution in [0.1, 0.15) is 30.9 Å². The molecule has 13 heavy (non-hydrogen) atoms. The zero-order valence-corrected chi connectivity index (χ0v) is 7.66. The first-order chi connectivity index (χ1) is 6.36. The lowest BCUT2D eigenvalue weighted by molar-refractivity contribution is 0.411. The molecule has 1 aromatic heterocycles. The third-order valence-electron chi connectivity index (χ3n) is 2.52. The fraction of sp³-hybridized carbons (Fsp3) is 0.500. The number of rotatable bonds is 1. The van der Waals surface area contributed by atoms with Crippen LogP contribution in [0.4, 0.5) is 5.82 Å². The Morgan fingerprint density at radius 2 is 2.31 bits per heavy atom. The minimum atomic E-state index is 0.488. The minimum Gasteiger partial charge on any atom is -0.384 e. The van der Waals surface area contributed by atoms with Crippen molar-refractivity contribution >= 4 is 5.82 Å². The number of aromatic nitrogens is 1. The van der Waals surface area contributed by atoms with Crippen LogP contribution >= 0.6 is 0 Å². The summed E-state index contributed by atoms with van der Waals surface area (Å²) >= 11 is 0. The quantitative estimate of drug-likeness (QED) is 0.683. The van der Waals surface area contributed by atoms with Gasteiger partial charge >= 0.3 is 0 Å². The lowest BCUT2D eigenvalue weighted by atomic mass is 9.99. The number of anilines is 1. The second-order valence-electron chi connectivity index (χ2n) is 3.52. The van der Waals surface area contributed by atoms with Gasteiger partial charge in [-0.05, 0) is 31.0 Å². The molecule has 0 unspecified atom stereocenters. The number of nitrogens with zero attached hydrogens (tertiary/aromatic N) is 1. The first-order valence-corrected chi connectivity index (χ1v) is 4.81. The number of nitrogens with two attached hydrogens (primary N) is 1. The molecule has 3 heteroatoms. The molecule has 70 valence electrons. The van der Waals surface area contributed by atoms with Gasteiger partial charge in [0.2, 0.25) is 0 Å². The number of hydrogen-bond acceptors (Lipinski definition) is 3. The molecule has 3 nitrogen and oxygen atoms in total. The summed E-state index contributed by atoms with van der Waals surface area (Å²) in [4.78, 5) is 4.09. The summed E-state index contributed by atoms with van der Waals surface area (Å²) < 4.78 is 0. The van der Waals surface area contributed by atoms with Crippen molar-refractivity contribution in [2.45, 2.75) is 25.3 Å². The number of nitrogen functional groups attached to an aromatic ring is 1. The lowest BCUT2D eigenvalue weighted by Gasteiger charge is -2.23. The molecule has 0 aromatic carbocycles. The fourth-order valence-corrected chi connectivity index (χ4v) is 1.76. The molecular weight excluding hydrogens is 162 g/mol. The van der Waals surface area contributed by atoms with Gasteiger partial charge in [-0.2, -0.15) is 0 Å². The van der Waals surface area contributed by atoms with Gasteiger partial charge in [0.15, 0.2) is 0 Å². The van der Waals surface area contributed by atoms with E-state index in [1.807, 2.05) is 12.3 Å². The van der Waals surface area contributed by atoms with Crippen LogP contribution in [0, 0.1) is 0 Å². The predicted octanol–water partition coefficient (Wildman–Crippen LogP) is 1.48. The maximum Gasteiger partial charge on any atom is 0.123 e. The molecule has 0 spiro atoms. The number of pyridine rings is 1. The smallest absolute Gasteiger partial charge is 0.123 e. The largest absolute Gasteiger partial charge is 0.384 e. The van der Waals surface area contributed by atoms with Crippen LogP contribution in [0.25, 0.3) is 0 Å². The van der Waals surface area contributed by atoms with E-state index in [4.69, 9.17) is 5.73 Å². The molecule has 1 aromatic rings. The molecule has 1 saturated heterocycles. The fourth-order valence-electron chi connectivity index (χ4n) is 1.76. The summed E-state index contributed by atoms with van der Waals surface area (Å²) in [6.45, 7) is 1.12. The van der Waals surface area contributed by atoms with Gasteiger partial charge < -0.3 is 11.1 Å². The van der Waals surface area contributed by atoms with Crippen molar-refractivity contribution in [2.24, 2.45) is 0 Å². The van der Waals surface area contributed by atoms with Crippen molar-refractivity contribution in [2.75, 3.05) is 12.3 Å². The van der Waals surface area contributed by atoms with Crippen LogP contribution in [-0.2, 0) is 0 Å². The Morgan fingerprint density at radius 3 is 2.92 bits per heavy atom. The number of hydrogen-bond donors (Lipinski definition) is 2. The average molecular weight is 177 g/mol. The predicted molar refractivity (Wildman–Crippen MR) is 53.2 cm³/mol. The van der Waals surface area contributed by atoms with Gasteiger partial charge in [-0.25, -0.2) is 4.98 Å². The van der Waals surface area contributed by atoms with Gasteiger partial charge in [0.1, 0.15) is 5.82 Å². The van der Waals surface area contributed by atoms with Crippen molar-refractivity contribution < 1.29 is 0 Å².